The number of rotatable bonds is 13. The third kappa shape index (κ3) is 7.50. The largest absolute Gasteiger partial charge is 0.354 e. The number of amides is 2. The molecule has 0 aliphatic heterocycles. The Morgan fingerprint density at radius 1 is 0.900 bits per heavy atom. The van der Waals surface area contributed by atoms with Gasteiger partial charge in [0.15, 0.2) is 0 Å². The fraction of sp³-hybridized carbons (Fsp3) is 0.375. The normalized spacial score (nSPS) is 12.0. The van der Waals surface area contributed by atoms with E-state index in [0.29, 0.717) is 18.7 Å². The zero-order chi connectivity index (χ0) is 29.3. The number of hydrogen-bond acceptors (Lipinski definition) is 4. The molecule has 3 aromatic carbocycles. The second-order valence-electron chi connectivity index (χ2n) is 10.1. The average Bonchev–Trinajstić information content (AvgIpc) is 2.94. The molecule has 0 radical (unpaired) electrons. The molecule has 2 amide bonds. The highest BCUT2D eigenvalue weighted by Gasteiger charge is 2.34. The summed E-state index contributed by atoms with van der Waals surface area (Å²) in [5.41, 5.74) is 4.03. The van der Waals surface area contributed by atoms with Gasteiger partial charge in [0.05, 0.1) is 10.6 Å². The molecule has 0 aliphatic carbocycles. The third-order valence-electron chi connectivity index (χ3n) is 7.11. The Morgan fingerprint density at radius 3 is 2.25 bits per heavy atom. The Labute approximate surface area is 239 Å². The maximum atomic E-state index is 14.2. The van der Waals surface area contributed by atoms with Gasteiger partial charge >= 0.3 is 0 Å². The molecule has 0 aromatic heterocycles. The van der Waals surface area contributed by atoms with Gasteiger partial charge in [-0.15, -0.1) is 0 Å². The highest BCUT2D eigenvalue weighted by Crippen LogP contribution is 2.29. The van der Waals surface area contributed by atoms with Crippen LogP contribution in [0.15, 0.2) is 77.7 Å². The van der Waals surface area contributed by atoms with Gasteiger partial charge in [0.1, 0.15) is 12.6 Å². The van der Waals surface area contributed by atoms with Crippen LogP contribution in [0, 0.1) is 20.8 Å². The van der Waals surface area contributed by atoms with Crippen LogP contribution in [0.4, 0.5) is 5.69 Å². The number of aryl methyl sites for hydroxylation is 2. The fourth-order valence-electron chi connectivity index (χ4n) is 4.67. The molecule has 0 saturated heterocycles. The SMILES string of the molecule is CCCCNC(=O)[C@H](CC)N(Cc1cccc(C)c1)C(=O)CN(c1cccc(C)c1C)S(=O)(=O)c1ccccc1. The highest BCUT2D eigenvalue weighted by atomic mass is 32.2. The first-order valence-corrected chi connectivity index (χ1v) is 15.3. The van der Waals surface area contributed by atoms with E-state index in [1.54, 1.807) is 30.3 Å². The van der Waals surface area contributed by atoms with Gasteiger partial charge in [-0.25, -0.2) is 8.42 Å². The van der Waals surface area contributed by atoms with Gasteiger partial charge in [0, 0.05) is 13.1 Å². The van der Waals surface area contributed by atoms with Gasteiger partial charge < -0.3 is 10.2 Å². The number of unbranched alkanes of at least 4 members (excludes halogenated alkanes) is 1. The minimum atomic E-state index is -4.09. The zero-order valence-corrected chi connectivity index (χ0v) is 25.0. The van der Waals surface area contributed by atoms with Crippen molar-refractivity contribution in [3.63, 3.8) is 0 Å². The number of nitrogens with zero attached hydrogens (tertiary/aromatic N) is 2. The predicted molar refractivity (Wildman–Crippen MR) is 161 cm³/mol. The Hall–Kier alpha value is -3.65. The molecule has 0 saturated carbocycles. The molecule has 0 aliphatic rings. The van der Waals surface area contributed by atoms with Crippen molar-refractivity contribution < 1.29 is 18.0 Å². The molecule has 0 heterocycles. The number of hydrogen-bond donors (Lipinski definition) is 1. The van der Waals surface area contributed by atoms with Crippen LogP contribution in [-0.4, -0.2) is 44.3 Å². The standard InChI is InChI=1S/C32H41N3O4S/c1-6-8-20-33-32(37)29(7-2)34(22-27-16-12-14-24(3)21-27)31(36)23-35(30-19-13-15-25(4)26(30)5)40(38,39)28-17-10-9-11-18-28/h9-19,21,29H,6-8,20,22-23H2,1-5H3,(H,33,37)/t29-/m0/s1. The van der Waals surface area contributed by atoms with E-state index in [-0.39, 0.29) is 17.3 Å². The molecule has 7 nitrogen and oxygen atoms in total. The maximum absolute atomic E-state index is 14.2. The minimum absolute atomic E-state index is 0.0956. The summed E-state index contributed by atoms with van der Waals surface area (Å²) in [6.07, 6.45) is 2.17. The first kappa shape index (κ1) is 30.9. The van der Waals surface area contributed by atoms with E-state index in [1.165, 1.54) is 21.3 Å². The van der Waals surface area contributed by atoms with Crippen LogP contribution in [0.3, 0.4) is 0 Å². The average molecular weight is 564 g/mol. The summed E-state index contributed by atoms with van der Waals surface area (Å²) in [5.74, 6) is -0.680. The van der Waals surface area contributed by atoms with Crippen molar-refractivity contribution in [2.24, 2.45) is 0 Å². The van der Waals surface area contributed by atoms with Gasteiger partial charge in [-0.05, 0) is 68.5 Å². The third-order valence-corrected chi connectivity index (χ3v) is 8.88. The molecule has 40 heavy (non-hydrogen) atoms. The maximum Gasteiger partial charge on any atom is 0.264 e. The molecular formula is C32H41N3O4S. The second kappa shape index (κ2) is 14.1. The lowest BCUT2D eigenvalue weighted by Gasteiger charge is -2.33. The lowest BCUT2D eigenvalue weighted by Crippen LogP contribution is -2.52. The first-order valence-electron chi connectivity index (χ1n) is 13.9. The van der Waals surface area contributed by atoms with Crippen LogP contribution < -0.4 is 9.62 Å². The molecular weight excluding hydrogens is 522 g/mol. The summed E-state index contributed by atoms with van der Waals surface area (Å²) in [5, 5.41) is 2.96. The van der Waals surface area contributed by atoms with Crippen molar-refractivity contribution in [2.75, 3.05) is 17.4 Å². The van der Waals surface area contributed by atoms with Crippen LogP contribution in [0.5, 0.6) is 0 Å². The van der Waals surface area contributed by atoms with Crippen molar-refractivity contribution in [1.82, 2.24) is 10.2 Å². The van der Waals surface area contributed by atoms with Gasteiger partial charge in [-0.3, -0.25) is 13.9 Å². The predicted octanol–water partition coefficient (Wildman–Crippen LogP) is 5.53. The molecule has 0 fully saturated rings. The minimum Gasteiger partial charge on any atom is -0.354 e. The summed E-state index contributed by atoms with van der Waals surface area (Å²) in [6, 6.07) is 20.6. The van der Waals surface area contributed by atoms with E-state index in [4.69, 9.17) is 0 Å². The van der Waals surface area contributed by atoms with E-state index < -0.39 is 28.5 Å². The van der Waals surface area contributed by atoms with Crippen molar-refractivity contribution in [3.05, 3.63) is 95.1 Å². The van der Waals surface area contributed by atoms with Gasteiger partial charge in [-0.1, -0.05) is 80.4 Å². The monoisotopic (exact) mass is 563 g/mol. The van der Waals surface area contributed by atoms with E-state index in [0.717, 1.165) is 35.1 Å². The van der Waals surface area contributed by atoms with Gasteiger partial charge in [0.2, 0.25) is 11.8 Å². The Bertz CT molecular complexity index is 1410. The summed E-state index contributed by atoms with van der Waals surface area (Å²) in [4.78, 5) is 29.1. The first-order chi connectivity index (χ1) is 19.1. The Kier molecular flexibility index (Phi) is 10.9. The fourth-order valence-corrected chi connectivity index (χ4v) is 6.16. The molecule has 1 atom stereocenters. The lowest BCUT2D eigenvalue weighted by molar-refractivity contribution is -0.140. The molecule has 0 bridgehead atoms. The van der Waals surface area contributed by atoms with Crippen molar-refractivity contribution in [2.45, 2.75) is 71.4 Å². The van der Waals surface area contributed by atoms with E-state index in [9.17, 15) is 18.0 Å². The lowest BCUT2D eigenvalue weighted by atomic mass is 10.1. The molecule has 0 spiro atoms. The van der Waals surface area contributed by atoms with Crippen LogP contribution in [0.1, 0.15) is 55.4 Å². The smallest absolute Gasteiger partial charge is 0.264 e. The summed E-state index contributed by atoms with van der Waals surface area (Å²) < 4.78 is 29.1. The molecule has 214 valence electrons. The van der Waals surface area contributed by atoms with Crippen LogP contribution >= 0.6 is 0 Å². The van der Waals surface area contributed by atoms with Crippen LogP contribution in [0.2, 0.25) is 0 Å². The summed E-state index contributed by atoms with van der Waals surface area (Å²) in [6.45, 7) is 9.91. The Morgan fingerprint density at radius 2 is 1.60 bits per heavy atom. The number of carbonyl (C=O) groups excluding carboxylic acids is 2. The topological polar surface area (TPSA) is 86.8 Å². The van der Waals surface area contributed by atoms with Crippen LogP contribution in [-0.2, 0) is 26.2 Å². The van der Waals surface area contributed by atoms with Gasteiger partial charge in [0.25, 0.3) is 10.0 Å². The number of sulfonamides is 1. The van der Waals surface area contributed by atoms with Crippen molar-refractivity contribution in [1.29, 1.82) is 0 Å². The summed E-state index contributed by atoms with van der Waals surface area (Å²) in [7, 11) is -4.09. The molecule has 3 aromatic rings. The zero-order valence-electron chi connectivity index (χ0n) is 24.2. The number of nitrogens with one attached hydrogen (secondary N) is 1. The number of benzene rings is 3. The van der Waals surface area contributed by atoms with Gasteiger partial charge in [-0.2, -0.15) is 0 Å². The van der Waals surface area contributed by atoms with Crippen molar-refractivity contribution >= 4 is 27.5 Å². The second-order valence-corrected chi connectivity index (χ2v) is 12.0. The summed E-state index contributed by atoms with van der Waals surface area (Å²) >= 11 is 0. The van der Waals surface area contributed by atoms with Crippen LogP contribution in [0.25, 0.3) is 0 Å². The Balaban J connectivity index is 2.07. The molecule has 3 rings (SSSR count). The molecule has 8 heteroatoms. The number of carbonyl (C=O) groups is 2. The van der Waals surface area contributed by atoms with E-state index in [2.05, 4.69) is 5.32 Å². The van der Waals surface area contributed by atoms with E-state index >= 15 is 0 Å². The number of anilines is 1. The van der Waals surface area contributed by atoms with Crippen molar-refractivity contribution in [3.8, 4) is 0 Å². The highest BCUT2D eigenvalue weighted by molar-refractivity contribution is 7.92. The molecule has 0 unspecified atom stereocenters. The quantitative estimate of drug-likeness (QED) is 0.277. The van der Waals surface area contributed by atoms with E-state index in [1.807, 2.05) is 65.0 Å². The molecule has 1 N–H and O–H groups in total.